The molecule has 2 N–H and O–H groups in total. The molecule has 3 rings (SSSR count). The van der Waals surface area contributed by atoms with E-state index in [1.807, 2.05) is 30.9 Å². The summed E-state index contributed by atoms with van der Waals surface area (Å²) in [6, 6.07) is 7.22. The van der Waals surface area contributed by atoms with E-state index in [1.54, 1.807) is 12.1 Å². The lowest BCUT2D eigenvalue weighted by atomic mass is 10.1. The summed E-state index contributed by atoms with van der Waals surface area (Å²) < 4.78 is 5.63. The number of anilines is 1. The van der Waals surface area contributed by atoms with Crippen LogP contribution in [0.4, 0.5) is 5.69 Å². The molecule has 0 saturated carbocycles. The van der Waals surface area contributed by atoms with Crippen molar-refractivity contribution in [2.45, 2.75) is 20.4 Å². The third-order valence-corrected chi connectivity index (χ3v) is 4.28. The molecule has 23 heavy (non-hydrogen) atoms. The number of para-hydroxylation sites is 1. The Bertz CT molecular complexity index is 683. The van der Waals surface area contributed by atoms with Gasteiger partial charge in [-0.1, -0.05) is 12.1 Å². The van der Waals surface area contributed by atoms with Crippen molar-refractivity contribution in [2.24, 2.45) is 0 Å². The molecule has 0 radical (unpaired) electrons. The minimum atomic E-state index is 0.00515. The number of amides is 1. The number of hydrogen-bond acceptors (Lipinski definition) is 5. The van der Waals surface area contributed by atoms with Gasteiger partial charge in [0.1, 0.15) is 5.76 Å². The fraction of sp³-hybridized carbons (Fsp3) is 0.412. The maximum atomic E-state index is 12.5. The van der Waals surface area contributed by atoms with Gasteiger partial charge in [0.05, 0.1) is 17.8 Å². The highest BCUT2D eigenvalue weighted by molar-refractivity contribution is 5.99. The fourth-order valence-corrected chi connectivity index (χ4v) is 2.77. The summed E-state index contributed by atoms with van der Waals surface area (Å²) in [5, 5.41) is 0. The van der Waals surface area contributed by atoms with Gasteiger partial charge in [-0.3, -0.25) is 9.69 Å². The second-order valence-electron chi connectivity index (χ2n) is 5.90. The summed E-state index contributed by atoms with van der Waals surface area (Å²) in [5.74, 6) is 1.62. The number of oxazole rings is 1. The number of benzene rings is 1. The van der Waals surface area contributed by atoms with Crippen LogP contribution < -0.4 is 5.73 Å². The molecule has 1 aromatic heterocycles. The summed E-state index contributed by atoms with van der Waals surface area (Å²) in [6.07, 6.45) is 0. The molecule has 122 valence electrons. The van der Waals surface area contributed by atoms with Gasteiger partial charge in [-0.2, -0.15) is 0 Å². The third-order valence-electron chi connectivity index (χ3n) is 4.28. The van der Waals surface area contributed by atoms with E-state index >= 15 is 0 Å². The summed E-state index contributed by atoms with van der Waals surface area (Å²) in [4.78, 5) is 21.1. The molecule has 1 aliphatic rings. The van der Waals surface area contributed by atoms with Crippen molar-refractivity contribution in [1.29, 1.82) is 0 Å². The molecule has 1 fully saturated rings. The first-order chi connectivity index (χ1) is 11.0. The zero-order valence-corrected chi connectivity index (χ0v) is 13.6. The van der Waals surface area contributed by atoms with E-state index in [0.29, 0.717) is 30.9 Å². The molecule has 1 saturated heterocycles. The molecular weight excluding hydrogens is 292 g/mol. The summed E-state index contributed by atoms with van der Waals surface area (Å²) in [7, 11) is 0. The second-order valence-corrected chi connectivity index (χ2v) is 5.90. The van der Waals surface area contributed by atoms with Crippen LogP contribution in [0.15, 0.2) is 28.7 Å². The lowest BCUT2D eigenvalue weighted by molar-refractivity contribution is 0.0619. The van der Waals surface area contributed by atoms with Gasteiger partial charge >= 0.3 is 0 Å². The molecule has 0 unspecified atom stereocenters. The Morgan fingerprint density at radius 3 is 2.52 bits per heavy atom. The van der Waals surface area contributed by atoms with E-state index in [-0.39, 0.29) is 5.91 Å². The summed E-state index contributed by atoms with van der Waals surface area (Å²) in [5.41, 5.74) is 7.95. The van der Waals surface area contributed by atoms with Crippen molar-refractivity contribution in [1.82, 2.24) is 14.8 Å². The molecule has 1 amide bonds. The summed E-state index contributed by atoms with van der Waals surface area (Å²) >= 11 is 0. The predicted octanol–water partition coefficient (Wildman–Crippen LogP) is 1.83. The number of rotatable bonds is 3. The van der Waals surface area contributed by atoms with Crippen LogP contribution in [-0.4, -0.2) is 46.9 Å². The van der Waals surface area contributed by atoms with Crippen molar-refractivity contribution in [2.75, 3.05) is 31.9 Å². The van der Waals surface area contributed by atoms with Crippen molar-refractivity contribution >= 4 is 11.6 Å². The molecular formula is C17H22N4O2. The normalized spacial score (nSPS) is 15.8. The van der Waals surface area contributed by atoms with Crippen LogP contribution in [0.25, 0.3) is 0 Å². The highest BCUT2D eigenvalue weighted by atomic mass is 16.4. The zero-order chi connectivity index (χ0) is 16.4. The van der Waals surface area contributed by atoms with Crippen molar-refractivity contribution < 1.29 is 9.21 Å². The van der Waals surface area contributed by atoms with Crippen molar-refractivity contribution in [3.8, 4) is 0 Å². The SMILES string of the molecule is Cc1nc(CN2CCN(C(=O)c3ccccc3N)CC2)oc1C. The van der Waals surface area contributed by atoms with Crippen LogP contribution in [0.3, 0.4) is 0 Å². The first-order valence-corrected chi connectivity index (χ1v) is 7.83. The molecule has 6 heteroatoms. The maximum absolute atomic E-state index is 12.5. The largest absolute Gasteiger partial charge is 0.444 e. The van der Waals surface area contributed by atoms with Crippen molar-refractivity contribution in [3.63, 3.8) is 0 Å². The number of nitrogens with two attached hydrogens (primary N) is 1. The van der Waals surface area contributed by atoms with E-state index in [0.717, 1.165) is 30.4 Å². The Morgan fingerprint density at radius 1 is 1.22 bits per heavy atom. The Balaban J connectivity index is 1.58. The van der Waals surface area contributed by atoms with Crippen molar-refractivity contribution in [3.05, 3.63) is 47.2 Å². The number of aromatic nitrogens is 1. The molecule has 1 aliphatic heterocycles. The highest BCUT2D eigenvalue weighted by Crippen LogP contribution is 2.16. The number of nitrogen functional groups attached to an aromatic ring is 1. The standard InChI is InChI=1S/C17H22N4O2/c1-12-13(2)23-16(19-12)11-20-7-9-21(10-8-20)17(22)14-5-3-4-6-15(14)18/h3-6H,7-11,18H2,1-2H3. The molecule has 2 aromatic rings. The number of nitrogens with zero attached hydrogens (tertiary/aromatic N) is 3. The Labute approximate surface area is 135 Å². The first-order valence-electron chi connectivity index (χ1n) is 7.83. The van der Waals surface area contributed by atoms with Gasteiger partial charge in [0.2, 0.25) is 5.89 Å². The second kappa shape index (κ2) is 6.42. The van der Waals surface area contributed by atoms with Gasteiger partial charge in [0.25, 0.3) is 5.91 Å². The molecule has 0 aliphatic carbocycles. The fourth-order valence-electron chi connectivity index (χ4n) is 2.77. The number of piperazine rings is 1. The Morgan fingerprint density at radius 2 is 1.91 bits per heavy atom. The minimum absolute atomic E-state index is 0.00515. The zero-order valence-electron chi connectivity index (χ0n) is 13.6. The molecule has 2 heterocycles. The number of hydrogen-bond donors (Lipinski definition) is 1. The van der Waals surface area contributed by atoms with Gasteiger partial charge in [-0.05, 0) is 26.0 Å². The van der Waals surface area contributed by atoms with Gasteiger partial charge < -0.3 is 15.1 Å². The van der Waals surface area contributed by atoms with E-state index in [1.165, 1.54) is 0 Å². The number of carbonyl (C=O) groups is 1. The average molecular weight is 314 g/mol. The van der Waals surface area contributed by atoms with Gasteiger partial charge in [0, 0.05) is 31.9 Å². The first kappa shape index (κ1) is 15.6. The van der Waals surface area contributed by atoms with E-state index in [2.05, 4.69) is 9.88 Å². The smallest absolute Gasteiger partial charge is 0.256 e. The third kappa shape index (κ3) is 3.37. The van der Waals surface area contributed by atoms with Crippen LogP contribution in [0.5, 0.6) is 0 Å². The van der Waals surface area contributed by atoms with Crippen LogP contribution in [-0.2, 0) is 6.54 Å². The summed E-state index contributed by atoms with van der Waals surface area (Å²) in [6.45, 7) is 7.54. The van der Waals surface area contributed by atoms with Crippen LogP contribution >= 0.6 is 0 Å². The number of aryl methyl sites for hydroxylation is 2. The molecule has 0 atom stereocenters. The highest BCUT2D eigenvalue weighted by Gasteiger charge is 2.24. The van der Waals surface area contributed by atoms with Gasteiger partial charge in [-0.15, -0.1) is 0 Å². The minimum Gasteiger partial charge on any atom is -0.444 e. The monoisotopic (exact) mass is 314 g/mol. The predicted molar refractivity (Wildman–Crippen MR) is 88.0 cm³/mol. The lowest BCUT2D eigenvalue weighted by Crippen LogP contribution is -2.48. The van der Waals surface area contributed by atoms with Crippen LogP contribution in [0.1, 0.15) is 27.7 Å². The molecule has 0 spiro atoms. The van der Waals surface area contributed by atoms with Crippen LogP contribution in [0.2, 0.25) is 0 Å². The molecule has 1 aromatic carbocycles. The van der Waals surface area contributed by atoms with Crippen LogP contribution in [0, 0.1) is 13.8 Å². The average Bonchev–Trinajstić information content (AvgIpc) is 2.86. The Kier molecular flexibility index (Phi) is 4.34. The van der Waals surface area contributed by atoms with Gasteiger partial charge in [-0.25, -0.2) is 4.98 Å². The van der Waals surface area contributed by atoms with E-state index in [9.17, 15) is 4.79 Å². The molecule has 6 nitrogen and oxygen atoms in total. The number of carbonyl (C=O) groups excluding carboxylic acids is 1. The maximum Gasteiger partial charge on any atom is 0.256 e. The lowest BCUT2D eigenvalue weighted by Gasteiger charge is -2.34. The Hall–Kier alpha value is -2.34. The topological polar surface area (TPSA) is 75.6 Å². The van der Waals surface area contributed by atoms with Gasteiger partial charge in [0.15, 0.2) is 0 Å². The van der Waals surface area contributed by atoms with E-state index in [4.69, 9.17) is 10.2 Å². The quantitative estimate of drug-likeness (QED) is 0.875. The molecule has 0 bridgehead atoms. The van der Waals surface area contributed by atoms with E-state index < -0.39 is 0 Å².